The Balaban J connectivity index is 1.88. The number of carbonyl (C=O) groups is 1. The molecule has 0 unspecified atom stereocenters. The normalized spacial score (nSPS) is 12.7. The molecule has 0 radical (unpaired) electrons. The Morgan fingerprint density at radius 1 is 1.17 bits per heavy atom. The van der Waals surface area contributed by atoms with E-state index in [1.54, 1.807) is 36.9 Å². The minimum atomic E-state index is -0.212. The number of phenolic OH excluding ortho intramolecular Hbond substituents is 1. The summed E-state index contributed by atoms with van der Waals surface area (Å²) in [5.74, 6) is 0.771. The van der Waals surface area contributed by atoms with Crippen molar-refractivity contribution in [3.8, 4) is 5.75 Å². The number of carbonyl (C=O) groups excluding carboxylic acids is 1. The van der Waals surface area contributed by atoms with Gasteiger partial charge in [-0.25, -0.2) is 5.43 Å². The lowest BCUT2D eigenvalue weighted by Crippen LogP contribution is -2.27. The van der Waals surface area contributed by atoms with Gasteiger partial charge in [0.2, 0.25) is 0 Å². The first-order chi connectivity index (χ1) is 11.1. The van der Waals surface area contributed by atoms with Crippen molar-refractivity contribution in [3.63, 3.8) is 0 Å². The minimum absolute atomic E-state index is 0.148. The Morgan fingerprint density at radius 3 is 2.52 bits per heavy atom. The summed E-state index contributed by atoms with van der Waals surface area (Å²) in [7, 11) is 0. The molecular weight excluding hydrogens is 308 g/mol. The SMILES string of the molecule is C/C(=N/NC(=O)[C@H](C)SCc1ccccc1)c1ccccc1O. The number of nitrogens with zero attached hydrogens (tertiary/aromatic N) is 1. The predicted molar refractivity (Wildman–Crippen MR) is 95.7 cm³/mol. The molecule has 0 aromatic heterocycles. The Bertz CT molecular complexity index is 686. The molecule has 2 aromatic carbocycles. The first-order valence-electron chi connectivity index (χ1n) is 7.36. The molecule has 120 valence electrons. The van der Waals surface area contributed by atoms with Crippen LogP contribution in [-0.4, -0.2) is 22.0 Å². The molecule has 2 aromatic rings. The number of benzene rings is 2. The fourth-order valence-electron chi connectivity index (χ4n) is 1.94. The molecule has 1 atom stereocenters. The summed E-state index contributed by atoms with van der Waals surface area (Å²) < 4.78 is 0. The summed E-state index contributed by atoms with van der Waals surface area (Å²) in [6.07, 6.45) is 0. The highest BCUT2D eigenvalue weighted by Gasteiger charge is 2.13. The van der Waals surface area contributed by atoms with E-state index in [0.717, 1.165) is 5.75 Å². The van der Waals surface area contributed by atoms with Gasteiger partial charge in [0.15, 0.2) is 0 Å². The average molecular weight is 328 g/mol. The zero-order valence-electron chi connectivity index (χ0n) is 13.2. The van der Waals surface area contributed by atoms with Gasteiger partial charge < -0.3 is 5.11 Å². The lowest BCUT2D eigenvalue weighted by atomic mass is 10.1. The lowest BCUT2D eigenvalue weighted by Gasteiger charge is -2.10. The topological polar surface area (TPSA) is 61.7 Å². The van der Waals surface area contributed by atoms with E-state index in [1.165, 1.54) is 5.56 Å². The summed E-state index contributed by atoms with van der Waals surface area (Å²) in [4.78, 5) is 12.1. The quantitative estimate of drug-likeness (QED) is 0.629. The van der Waals surface area contributed by atoms with Gasteiger partial charge in [-0.1, -0.05) is 42.5 Å². The van der Waals surface area contributed by atoms with E-state index in [0.29, 0.717) is 11.3 Å². The summed E-state index contributed by atoms with van der Waals surface area (Å²) in [5, 5.41) is 13.6. The number of nitrogens with one attached hydrogen (secondary N) is 1. The van der Waals surface area contributed by atoms with Crippen molar-refractivity contribution in [1.82, 2.24) is 5.43 Å². The van der Waals surface area contributed by atoms with Gasteiger partial charge >= 0.3 is 0 Å². The van der Waals surface area contributed by atoms with E-state index in [-0.39, 0.29) is 16.9 Å². The minimum Gasteiger partial charge on any atom is -0.507 e. The third kappa shape index (κ3) is 5.14. The molecule has 0 aliphatic carbocycles. The molecular formula is C18H20N2O2S. The number of hydrazone groups is 1. The van der Waals surface area contributed by atoms with Crippen molar-refractivity contribution < 1.29 is 9.90 Å². The second kappa shape index (κ2) is 8.39. The molecule has 23 heavy (non-hydrogen) atoms. The number of para-hydroxylation sites is 1. The predicted octanol–water partition coefficient (Wildman–Crippen LogP) is 3.55. The maximum absolute atomic E-state index is 12.1. The maximum Gasteiger partial charge on any atom is 0.252 e. The van der Waals surface area contributed by atoms with E-state index < -0.39 is 0 Å². The van der Waals surface area contributed by atoms with E-state index in [1.807, 2.05) is 43.3 Å². The number of hydrogen-bond acceptors (Lipinski definition) is 4. The van der Waals surface area contributed by atoms with E-state index in [4.69, 9.17) is 0 Å². The summed E-state index contributed by atoms with van der Waals surface area (Å²) in [5.41, 5.74) is 4.92. The standard InChI is InChI=1S/C18H20N2O2S/c1-13(16-10-6-7-11-17(16)21)19-20-18(22)14(2)23-12-15-8-4-3-5-9-15/h3-11,14,21H,12H2,1-2H3,(H,20,22)/b19-13-/t14-/m0/s1. The van der Waals surface area contributed by atoms with Crippen LogP contribution in [0.2, 0.25) is 0 Å². The molecule has 0 aliphatic rings. The highest BCUT2D eigenvalue weighted by Crippen LogP contribution is 2.18. The molecule has 0 saturated heterocycles. The molecule has 1 amide bonds. The summed E-state index contributed by atoms with van der Waals surface area (Å²) in [6.45, 7) is 3.60. The first kappa shape index (κ1) is 17.1. The Kier molecular flexibility index (Phi) is 6.23. The van der Waals surface area contributed by atoms with Crippen molar-refractivity contribution in [1.29, 1.82) is 0 Å². The van der Waals surface area contributed by atoms with Gasteiger partial charge in [-0.2, -0.15) is 5.10 Å². The van der Waals surface area contributed by atoms with Crippen LogP contribution in [0.25, 0.3) is 0 Å². The fourth-order valence-corrected chi connectivity index (χ4v) is 2.78. The third-order valence-electron chi connectivity index (χ3n) is 3.34. The molecule has 2 rings (SSSR count). The molecule has 0 bridgehead atoms. The van der Waals surface area contributed by atoms with Gasteiger partial charge in [0, 0.05) is 11.3 Å². The van der Waals surface area contributed by atoms with E-state index >= 15 is 0 Å². The summed E-state index contributed by atoms with van der Waals surface area (Å²) in [6, 6.07) is 16.9. The van der Waals surface area contributed by atoms with Crippen LogP contribution in [0.5, 0.6) is 5.75 Å². The van der Waals surface area contributed by atoms with Crippen LogP contribution in [0.4, 0.5) is 0 Å². The van der Waals surface area contributed by atoms with Crippen LogP contribution >= 0.6 is 11.8 Å². The number of hydrogen-bond donors (Lipinski definition) is 2. The third-order valence-corrected chi connectivity index (χ3v) is 4.55. The van der Waals surface area contributed by atoms with E-state index in [9.17, 15) is 9.90 Å². The van der Waals surface area contributed by atoms with Crippen LogP contribution in [-0.2, 0) is 10.5 Å². The van der Waals surface area contributed by atoms with E-state index in [2.05, 4.69) is 10.5 Å². The summed E-state index contributed by atoms with van der Waals surface area (Å²) >= 11 is 1.56. The van der Waals surface area contributed by atoms with Crippen molar-refractivity contribution in [2.24, 2.45) is 5.10 Å². The van der Waals surface area contributed by atoms with Gasteiger partial charge in [0.05, 0.1) is 11.0 Å². The van der Waals surface area contributed by atoms with Crippen LogP contribution < -0.4 is 5.43 Å². The zero-order valence-corrected chi connectivity index (χ0v) is 14.0. The smallest absolute Gasteiger partial charge is 0.252 e. The van der Waals surface area contributed by atoms with Gasteiger partial charge in [0.1, 0.15) is 5.75 Å². The second-order valence-corrected chi connectivity index (χ2v) is 6.46. The fraction of sp³-hybridized carbons (Fsp3) is 0.222. The van der Waals surface area contributed by atoms with Crippen LogP contribution in [0.3, 0.4) is 0 Å². The second-order valence-electron chi connectivity index (χ2n) is 5.13. The highest BCUT2D eigenvalue weighted by atomic mass is 32.2. The Hall–Kier alpha value is -2.27. The largest absolute Gasteiger partial charge is 0.507 e. The van der Waals surface area contributed by atoms with Crippen LogP contribution in [0.15, 0.2) is 59.7 Å². The molecule has 0 fully saturated rings. The number of thioether (sulfide) groups is 1. The Morgan fingerprint density at radius 2 is 1.83 bits per heavy atom. The molecule has 4 nitrogen and oxygen atoms in total. The van der Waals surface area contributed by atoms with Crippen molar-refractivity contribution >= 4 is 23.4 Å². The molecule has 2 N–H and O–H groups in total. The van der Waals surface area contributed by atoms with Crippen LogP contribution in [0, 0.1) is 0 Å². The maximum atomic E-state index is 12.1. The highest BCUT2D eigenvalue weighted by molar-refractivity contribution is 7.99. The number of amides is 1. The molecule has 0 heterocycles. The Labute approximate surface area is 140 Å². The first-order valence-corrected chi connectivity index (χ1v) is 8.41. The number of aromatic hydroxyl groups is 1. The van der Waals surface area contributed by atoms with Gasteiger partial charge in [0.25, 0.3) is 5.91 Å². The average Bonchev–Trinajstić information content (AvgIpc) is 2.58. The number of rotatable bonds is 6. The number of phenols is 1. The monoisotopic (exact) mass is 328 g/mol. The van der Waals surface area contributed by atoms with Gasteiger partial charge in [-0.15, -0.1) is 11.8 Å². The van der Waals surface area contributed by atoms with Crippen LogP contribution in [0.1, 0.15) is 25.0 Å². The van der Waals surface area contributed by atoms with Crippen molar-refractivity contribution in [2.75, 3.05) is 0 Å². The van der Waals surface area contributed by atoms with Gasteiger partial charge in [-0.3, -0.25) is 4.79 Å². The molecule has 0 spiro atoms. The van der Waals surface area contributed by atoms with Crippen molar-refractivity contribution in [3.05, 3.63) is 65.7 Å². The lowest BCUT2D eigenvalue weighted by molar-refractivity contribution is -0.120. The molecule has 0 aliphatic heterocycles. The van der Waals surface area contributed by atoms with Crippen molar-refractivity contribution in [2.45, 2.75) is 24.9 Å². The van der Waals surface area contributed by atoms with Gasteiger partial charge in [-0.05, 0) is 31.5 Å². The molecule has 0 saturated carbocycles. The molecule has 5 heteroatoms. The zero-order chi connectivity index (χ0) is 16.7.